The van der Waals surface area contributed by atoms with Crippen LogP contribution in [0.5, 0.6) is 0 Å². The third-order valence-electron chi connectivity index (χ3n) is 16.9. The zero-order valence-corrected chi connectivity index (χ0v) is 60.4. The molecule has 93 heavy (non-hydrogen) atoms. The number of amides is 12. The van der Waals surface area contributed by atoms with E-state index in [1.54, 1.807) is 46.8 Å². The quantitative estimate of drug-likeness (QED) is 0.0373. The molecule has 1 aromatic rings. The van der Waals surface area contributed by atoms with Gasteiger partial charge in [-0.15, -0.1) is 0 Å². The molecule has 26 heteroatoms. The average molecular weight is 1330 g/mol. The van der Waals surface area contributed by atoms with Crippen LogP contribution in [0.2, 0.25) is 0 Å². The Morgan fingerprint density at radius 3 is 1.56 bits per heavy atom. The van der Waals surface area contributed by atoms with E-state index in [0.717, 1.165) is 15.4 Å². The Hall–Kier alpha value is -6.83. The summed E-state index contributed by atoms with van der Waals surface area (Å²) in [6, 6.07) is -4.41. The number of carbonyl (C=O) groups is 12. The molecule has 0 saturated heterocycles. The molecule has 0 saturated carbocycles. The number of aromatic carboxylic acids is 1. The first-order valence-electron chi connectivity index (χ1n) is 32.8. The smallest absolute Gasteiger partial charge is 0.335 e. The summed E-state index contributed by atoms with van der Waals surface area (Å²) in [7, 11) is 11.4. The Bertz CT molecular complexity index is 2640. The van der Waals surface area contributed by atoms with E-state index in [9.17, 15) is 48.6 Å². The van der Waals surface area contributed by atoms with Crippen LogP contribution in [0.25, 0.3) is 0 Å². The van der Waals surface area contributed by atoms with Crippen molar-refractivity contribution in [3.05, 3.63) is 35.4 Å². The van der Waals surface area contributed by atoms with Gasteiger partial charge in [-0.1, -0.05) is 102 Å². The Morgan fingerprint density at radius 1 is 0.559 bits per heavy atom. The van der Waals surface area contributed by atoms with Crippen LogP contribution in [-0.2, 0) is 54.4 Å². The lowest BCUT2D eigenvalue weighted by Gasteiger charge is -2.39. The molecule has 25 nitrogen and oxygen atoms in total. The number of rotatable bonds is 41. The highest BCUT2D eigenvalue weighted by atomic mass is 32.2. The van der Waals surface area contributed by atoms with Gasteiger partial charge in [-0.05, 0) is 124 Å². The number of aryl methyl sites for hydroxylation is 1. The van der Waals surface area contributed by atoms with E-state index in [4.69, 9.17) is 0 Å². The number of hydrogen-bond acceptors (Lipinski definition) is 14. The average Bonchev–Trinajstić information content (AvgIpc) is 0.856. The van der Waals surface area contributed by atoms with Gasteiger partial charge in [0.05, 0.1) is 5.56 Å². The van der Waals surface area contributed by atoms with Crippen LogP contribution in [0.15, 0.2) is 24.3 Å². The van der Waals surface area contributed by atoms with Crippen molar-refractivity contribution in [1.29, 1.82) is 0 Å². The molecule has 0 aliphatic rings. The molecule has 12 amide bonds. The molecule has 0 aromatic heterocycles. The predicted molar refractivity (Wildman–Crippen MR) is 361 cm³/mol. The maximum Gasteiger partial charge on any atom is 0.335 e. The molecule has 0 spiro atoms. The number of hydrogen-bond donors (Lipinski definition) is 6. The van der Waals surface area contributed by atoms with E-state index in [-0.39, 0.29) is 73.7 Å². The molecule has 1 unspecified atom stereocenters. The third kappa shape index (κ3) is 26.1. The van der Waals surface area contributed by atoms with E-state index < -0.39 is 131 Å². The molecule has 0 heterocycles. The number of aliphatic hydroxyl groups excluding tert-OH is 1. The number of nitrogens with one attached hydrogen (secondary N) is 4. The van der Waals surface area contributed by atoms with Crippen molar-refractivity contribution in [3.8, 4) is 0 Å². The molecule has 10 atom stereocenters. The van der Waals surface area contributed by atoms with Gasteiger partial charge in [0.2, 0.25) is 53.7 Å². The number of likely N-dealkylation sites (N-methyl/N-ethyl adjacent to an activating group) is 8. The molecule has 1 aromatic carbocycles. The van der Waals surface area contributed by atoms with Crippen LogP contribution in [0.4, 0.5) is 4.79 Å². The summed E-state index contributed by atoms with van der Waals surface area (Å²) < 4.78 is 0. The second-order valence-corrected chi connectivity index (χ2v) is 28.0. The van der Waals surface area contributed by atoms with Crippen molar-refractivity contribution in [1.82, 2.24) is 55.6 Å². The van der Waals surface area contributed by atoms with E-state index in [2.05, 4.69) is 21.3 Å². The molecule has 0 radical (unpaired) electrons. The Balaban J connectivity index is 3.92. The Morgan fingerprint density at radius 2 is 1.06 bits per heavy atom. The van der Waals surface area contributed by atoms with Crippen LogP contribution < -0.4 is 21.3 Å². The van der Waals surface area contributed by atoms with Crippen molar-refractivity contribution in [2.75, 3.05) is 74.5 Å². The Kier molecular flexibility index (Phi) is 37.2. The van der Waals surface area contributed by atoms with Crippen LogP contribution in [0.1, 0.15) is 164 Å². The van der Waals surface area contributed by atoms with Gasteiger partial charge < -0.3 is 60.9 Å². The molecule has 1 rings (SSSR count). The van der Waals surface area contributed by atoms with Gasteiger partial charge in [0.1, 0.15) is 54.4 Å². The maximum atomic E-state index is 15.2. The zero-order chi connectivity index (χ0) is 71.5. The van der Waals surface area contributed by atoms with Gasteiger partial charge in [-0.2, -0.15) is 11.8 Å². The number of imide groups is 1. The first-order chi connectivity index (χ1) is 43.4. The van der Waals surface area contributed by atoms with Gasteiger partial charge in [-0.3, -0.25) is 52.8 Å². The standard InChI is InChI=1S/C67H115N11O14S/c1-22-49(70-59(83)52(36-45(12)27-25-28-47-29-26-30-48(37-47)66(90)91)75(18)65(89)56(44(10)11)77(20)67(92)78(21)62(86)53(35-42(6)7)72(15)39-80)61(85)76(19)54(38-93-32-24-23-31-79)63(87)73(16)51(34-41(4)5)60(84)71-55(43(8)9)64(88)74(17)50(33-40(2)3)58(82)69-46(13)57(81)68-14/h26,29-30,37,39-46,49-56,79H,22-25,27-28,31-36,38H2,1-21H3,(H,68,81)(H,69,82)(H,70,83)(H,71,84)(H,90,91)/t45-,46-,49+,50+,51+,52?,53+,54-,55+,56+/m1/s1. The summed E-state index contributed by atoms with van der Waals surface area (Å²) >= 11 is 1.36. The van der Waals surface area contributed by atoms with Crippen molar-refractivity contribution < 1.29 is 67.7 Å². The molecule has 528 valence electrons. The van der Waals surface area contributed by atoms with Crippen LogP contribution in [0.3, 0.4) is 0 Å². The SMILES string of the molecule is CC[C@H](NC(=O)C(C[C@H](C)CCCc1cccc(C(=O)O)c1)N(C)C(=O)[C@H](C(C)C)N(C)C(=O)N(C)C(=O)[C@H](CC(C)C)N(C)C=O)C(=O)N(C)[C@H](CSCCCCO)C(=O)N(C)[C@@H](CC(C)C)C(=O)N[C@H](C(=O)N(C)[C@@H](CC(C)C)C(=O)N[C@H](C)C(=O)NC)C(C)C. The fourth-order valence-corrected chi connectivity index (χ4v) is 12.3. The van der Waals surface area contributed by atoms with E-state index in [0.29, 0.717) is 44.3 Å². The lowest BCUT2D eigenvalue weighted by atomic mass is 9.92. The highest BCUT2D eigenvalue weighted by molar-refractivity contribution is 7.99. The summed E-state index contributed by atoms with van der Waals surface area (Å²) in [4.78, 5) is 176. The number of nitrogens with zero attached hydrogens (tertiary/aromatic N) is 7. The van der Waals surface area contributed by atoms with E-state index >= 15 is 19.2 Å². The van der Waals surface area contributed by atoms with Crippen LogP contribution in [-0.4, -0.2) is 245 Å². The molecule has 6 N–H and O–H groups in total. The number of urea groups is 1. The number of aliphatic hydroxyl groups is 1. The summed E-state index contributed by atoms with van der Waals surface area (Å²) in [5.74, 6) is -7.55. The Labute approximate surface area is 558 Å². The summed E-state index contributed by atoms with van der Waals surface area (Å²) in [5, 5.41) is 30.2. The molecule has 0 fully saturated rings. The minimum Gasteiger partial charge on any atom is -0.478 e. The van der Waals surface area contributed by atoms with Gasteiger partial charge >= 0.3 is 12.0 Å². The fraction of sp³-hybridized carbons (Fsp3) is 0.731. The lowest BCUT2D eigenvalue weighted by molar-refractivity contribution is -0.150. The first-order valence-corrected chi connectivity index (χ1v) is 33.9. The molecular weight excluding hydrogens is 1210 g/mol. The van der Waals surface area contributed by atoms with Gasteiger partial charge in [0.15, 0.2) is 0 Å². The number of carboxylic acids is 1. The largest absolute Gasteiger partial charge is 0.478 e. The highest BCUT2D eigenvalue weighted by Gasteiger charge is 2.43. The third-order valence-corrected chi connectivity index (χ3v) is 18.0. The number of carboxylic acid groups (broad SMARTS) is 1. The molecular formula is C67H115N11O14S. The number of carbonyl (C=O) groups excluding carboxylic acids is 11. The van der Waals surface area contributed by atoms with Gasteiger partial charge in [0.25, 0.3) is 5.91 Å². The van der Waals surface area contributed by atoms with Gasteiger partial charge in [-0.25, -0.2) is 9.59 Å². The van der Waals surface area contributed by atoms with E-state index in [1.165, 1.54) is 106 Å². The molecule has 0 bridgehead atoms. The summed E-state index contributed by atoms with van der Waals surface area (Å²) in [5.41, 5.74) is 0.943. The maximum absolute atomic E-state index is 15.2. The van der Waals surface area contributed by atoms with E-state index in [1.807, 2.05) is 54.5 Å². The number of benzene rings is 1. The number of unbranched alkanes of at least 4 members (excludes halogenated alkanes) is 1. The minimum absolute atomic E-state index is 0.0205. The highest BCUT2D eigenvalue weighted by Crippen LogP contribution is 2.25. The van der Waals surface area contributed by atoms with Crippen molar-refractivity contribution in [2.24, 2.45) is 35.5 Å². The van der Waals surface area contributed by atoms with Crippen molar-refractivity contribution in [2.45, 2.75) is 209 Å². The summed E-state index contributed by atoms with van der Waals surface area (Å²) in [6.45, 7) is 23.3. The zero-order valence-electron chi connectivity index (χ0n) is 59.6. The molecule has 0 aliphatic heterocycles. The normalized spacial score (nSPS) is 14.7. The lowest BCUT2D eigenvalue weighted by Crippen LogP contribution is -2.62. The second-order valence-electron chi connectivity index (χ2n) is 26.8. The number of thioether (sulfide) groups is 1. The first kappa shape index (κ1) is 84.2. The van der Waals surface area contributed by atoms with Gasteiger partial charge in [0, 0.05) is 68.7 Å². The van der Waals surface area contributed by atoms with Crippen molar-refractivity contribution >= 4 is 83.3 Å². The minimum atomic E-state index is -1.27. The van der Waals surface area contributed by atoms with Crippen molar-refractivity contribution in [3.63, 3.8) is 0 Å². The van der Waals surface area contributed by atoms with Crippen LogP contribution in [0, 0.1) is 35.5 Å². The summed E-state index contributed by atoms with van der Waals surface area (Å²) in [6.07, 6.45) is 3.95. The monoisotopic (exact) mass is 1330 g/mol. The fourth-order valence-electron chi connectivity index (χ4n) is 11.1. The topological polar surface area (TPSA) is 316 Å². The molecule has 0 aliphatic carbocycles. The van der Waals surface area contributed by atoms with Crippen LogP contribution >= 0.6 is 11.8 Å². The second kappa shape index (κ2) is 41.1. The predicted octanol–water partition coefficient (Wildman–Crippen LogP) is 4.96.